The van der Waals surface area contributed by atoms with Gasteiger partial charge in [-0.1, -0.05) is 11.6 Å². The molecule has 1 saturated heterocycles. The Bertz CT molecular complexity index is 587. The summed E-state index contributed by atoms with van der Waals surface area (Å²) >= 11 is 6.25. The van der Waals surface area contributed by atoms with E-state index in [0.717, 1.165) is 16.7 Å². The molecule has 2 amide bonds. The number of methoxy groups -OCH3 is 1. The van der Waals surface area contributed by atoms with Crippen LogP contribution in [0.4, 0.5) is 0 Å². The summed E-state index contributed by atoms with van der Waals surface area (Å²) in [6.07, 6.45) is 0.937. The Morgan fingerprint density at radius 1 is 1.52 bits per heavy atom. The fourth-order valence-corrected chi connectivity index (χ4v) is 2.64. The molecule has 0 saturated carbocycles. The molecule has 114 valence electrons. The van der Waals surface area contributed by atoms with Gasteiger partial charge in [-0.25, -0.2) is 0 Å². The number of hydrogen-bond acceptors (Lipinski definition) is 3. The summed E-state index contributed by atoms with van der Waals surface area (Å²) in [7, 11) is 1.59. The van der Waals surface area contributed by atoms with E-state index < -0.39 is 6.04 Å². The van der Waals surface area contributed by atoms with Gasteiger partial charge in [0, 0.05) is 23.6 Å². The number of benzene rings is 1. The highest BCUT2D eigenvalue weighted by molar-refractivity contribution is 6.32. The molecule has 1 aromatic carbocycles. The zero-order chi connectivity index (χ0) is 15.6. The fourth-order valence-electron chi connectivity index (χ4n) is 2.47. The Morgan fingerprint density at radius 3 is 2.81 bits per heavy atom. The van der Waals surface area contributed by atoms with E-state index in [-0.39, 0.29) is 11.8 Å². The zero-order valence-corrected chi connectivity index (χ0v) is 13.1. The summed E-state index contributed by atoms with van der Waals surface area (Å²) in [6, 6.07) is 1.42. The molecule has 21 heavy (non-hydrogen) atoms. The van der Waals surface area contributed by atoms with E-state index in [2.05, 4.69) is 10.6 Å². The van der Waals surface area contributed by atoms with Crippen molar-refractivity contribution in [3.63, 3.8) is 0 Å². The van der Waals surface area contributed by atoms with Gasteiger partial charge in [0.05, 0.1) is 7.11 Å². The van der Waals surface area contributed by atoms with E-state index in [0.29, 0.717) is 30.2 Å². The second kappa shape index (κ2) is 6.35. The number of nitrogens with one attached hydrogen (secondary N) is 2. The third-order valence-corrected chi connectivity index (χ3v) is 4.33. The Balaban J connectivity index is 2.11. The van der Waals surface area contributed by atoms with Crippen LogP contribution in [0, 0.1) is 13.8 Å². The summed E-state index contributed by atoms with van der Waals surface area (Å²) in [5.74, 6) is 0.437. The Morgan fingerprint density at radius 2 is 2.24 bits per heavy atom. The average Bonchev–Trinajstić information content (AvgIpc) is 2.89. The van der Waals surface area contributed by atoms with E-state index in [1.807, 2.05) is 19.9 Å². The quantitative estimate of drug-likeness (QED) is 0.892. The summed E-state index contributed by atoms with van der Waals surface area (Å²) in [4.78, 5) is 23.2. The smallest absolute Gasteiger partial charge is 0.242 e. The number of amides is 2. The molecule has 5 nitrogen and oxygen atoms in total. The van der Waals surface area contributed by atoms with Crippen LogP contribution in [0.1, 0.15) is 29.5 Å². The van der Waals surface area contributed by atoms with Gasteiger partial charge < -0.3 is 15.4 Å². The van der Waals surface area contributed by atoms with Crippen LogP contribution >= 0.6 is 11.6 Å². The predicted molar refractivity (Wildman–Crippen MR) is 80.5 cm³/mol. The maximum Gasteiger partial charge on any atom is 0.242 e. The van der Waals surface area contributed by atoms with Crippen molar-refractivity contribution < 1.29 is 14.3 Å². The first kappa shape index (κ1) is 15.6. The lowest BCUT2D eigenvalue weighted by Crippen LogP contribution is -2.41. The van der Waals surface area contributed by atoms with Crippen LogP contribution in [0.25, 0.3) is 0 Å². The van der Waals surface area contributed by atoms with Gasteiger partial charge >= 0.3 is 0 Å². The molecule has 0 bridgehead atoms. The molecule has 1 heterocycles. The molecule has 0 spiro atoms. The van der Waals surface area contributed by atoms with Crippen molar-refractivity contribution in [1.82, 2.24) is 10.6 Å². The number of carbonyl (C=O) groups is 2. The van der Waals surface area contributed by atoms with E-state index in [4.69, 9.17) is 16.3 Å². The highest BCUT2D eigenvalue weighted by Gasteiger charge is 2.27. The van der Waals surface area contributed by atoms with Gasteiger partial charge in [0.15, 0.2) is 0 Å². The molecule has 1 fully saturated rings. The van der Waals surface area contributed by atoms with E-state index >= 15 is 0 Å². The largest absolute Gasteiger partial charge is 0.496 e. The van der Waals surface area contributed by atoms with E-state index in [9.17, 15) is 9.59 Å². The molecule has 2 rings (SSSR count). The maximum absolute atomic E-state index is 12.0. The highest BCUT2D eigenvalue weighted by atomic mass is 35.5. The first-order chi connectivity index (χ1) is 9.93. The Labute approximate surface area is 129 Å². The molecule has 1 aromatic rings. The zero-order valence-electron chi connectivity index (χ0n) is 12.4. The third kappa shape index (κ3) is 3.29. The molecule has 1 aliphatic rings. The summed E-state index contributed by atoms with van der Waals surface area (Å²) < 4.78 is 5.36. The molecule has 1 unspecified atom stereocenters. The number of aryl methyl sites for hydroxylation is 1. The van der Waals surface area contributed by atoms with Gasteiger partial charge in [-0.15, -0.1) is 0 Å². The van der Waals surface area contributed by atoms with Gasteiger partial charge in [-0.3, -0.25) is 9.59 Å². The molecule has 0 aromatic heterocycles. The van der Waals surface area contributed by atoms with Crippen molar-refractivity contribution >= 4 is 23.4 Å². The first-order valence-corrected chi connectivity index (χ1v) is 7.21. The standard InChI is InChI=1S/C15H19ClN2O3/c1-8-6-12(21-3)10(9(2)14(8)16)7-17-15(20)11-4-5-13(19)18-11/h6,11H,4-5,7H2,1-3H3,(H,17,20)(H,18,19). The van der Waals surface area contributed by atoms with Crippen LogP contribution in [0.5, 0.6) is 5.75 Å². The maximum atomic E-state index is 12.0. The molecular weight excluding hydrogens is 292 g/mol. The topological polar surface area (TPSA) is 67.4 Å². The van der Waals surface area contributed by atoms with Crippen LogP contribution in [0.3, 0.4) is 0 Å². The monoisotopic (exact) mass is 310 g/mol. The first-order valence-electron chi connectivity index (χ1n) is 6.83. The van der Waals surface area contributed by atoms with Crippen molar-refractivity contribution in [3.8, 4) is 5.75 Å². The number of halogens is 1. The average molecular weight is 311 g/mol. The Hall–Kier alpha value is -1.75. The Kier molecular flexibility index (Phi) is 4.73. The molecule has 1 atom stereocenters. The molecular formula is C15H19ClN2O3. The lowest BCUT2D eigenvalue weighted by Gasteiger charge is -2.17. The van der Waals surface area contributed by atoms with Crippen LogP contribution in [-0.4, -0.2) is 25.0 Å². The van der Waals surface area contributed by atoms with Crippen molar-refractivity contribution in [2.45, 2.75) is 39.3 Å². The molecule has 0 radical (unpaired) electrons. The summed E-state index contributed by atoms with van der Waals surface area (Å²) in [5, 5.41) is 6.15. The van der Waals surface area contributed by atoms with Gasteiger partial charge in [-0.2, -0.15) is 0 Å². The van der Waals surface area contributed by atoms with Gasteiger partial charge in [0.1, 0.15) is 11.8 Å². The second-order valence-corrected chi connectivity index (χ2v) is 5.57. The van der Waals surface area contributed by atoms with Crippen molar-refractivity contribution in [3.05, 3.63) is 27.8 Å². The molecule has 1 aliphatic heterocycles. The lowest BCUT2D eigenvalue weighted by molar-refractivity contribution is -0.125. The molecule has 6 heteroatoms. The minimum atomic E-state index is -0.440. The summed E-state index contributed by atoms with van der Waals surface area (Å²) in [6.45, 7) is 4.13. The van der Waals surface area contributed by atoms with Crippen molar-refractivity contribution in [2.75, 3.05) is 7.11 Å². The van der Waals surface area contributed by atoms with E-state index in [1.165, 1.54) is 0 Å². The number of carbonyl (C=O) groups excluding carboxylic acids is 2. The minimum Gasteiger partial charge on any atom is -0.496 e. The van der Waals surface area contributed by atoms with Crippen LogP contribution in [-0.2, 0) is 16.1 Å². The molecule has 2 N–H and O–H groups in total. The fraction of sp³-hybridized carbons (Fsp3) is 0.467. The number of hydrogen-bond donors (Lipinski definition) is 2. The van der Waals surface area contributed by atoms with Crippen LogP contribution in [0.15, 0.2) is 6.07 Å². The summed E-state index contributed by atoms with van der Waals surface area (Å²) in [5.41, 5.74) is 2.68. The van der Waals surface area contributed by atoms with Gasteiger partial charge in [0.25, 0.3) is 0 Å². The highest BCUT2D eigenvalue weighted by Crippen LogP contribution is 2.31. The normalized spacial score (nSPS) is 17.5. The third-order valence-electron chi connectivity index (χ3n) is 3.74. The van der Waals surface area contributed by atoms with Crippen LogP contribution in [0.2, 0.25) is 5.02 Å². The second-order valence-electron chi connectivity index (χ2n) is 5.19. The van der Waals surface area contributed by atoms with Gasteiger partial charge in [-0.05, 0) is 37.5 Å². The van der Waals surface area contributed by atoms with E-state index in [1.54, 1.807) is 7.11 Å². The van der Waals surface area contributed by atoms with Crippen molar-refractivity contribution in [2.24, 2.45) is 0 Å². The van der Waals surface area contributed by atoms with Gasteiger partial charge in [0.2, 0.25) is 11.8 Å². The molecule has 0 aliphatic carbocycles. The van der Waals surface area contributed by atoms with Crippen LogP contribution < -0.4 is 15.4 Å². The van der Waals surface area contributed by atoms with Crippen molar-refractivity contribution in [1.29, 1.82) is 0 Å². The lowest BCUT2D eigenvalue weighted by atomic mass is 10.0. The SMILES string of the molecule is COc1cc(C)c(Cl)c(C)c1CNC(=O)C1CCC(=O)N1. The number of ether oxygens (including phenoxy) is 1. The predicted octanol–water partition coefficient (Wildman–Crippen LogP) is 1.86. The number of rotatable bonds is 4. The minimum absolute atomic E-state index is 0.0812.